The molecule has 0 bridgehead atoms. The Morgan fingerprint density at radius 2 is 1.95 bits per heavy atom. The third kappa shape index (κ3) is 3.80. The smallest absolute Gasteiger partial charge is 0.0708 e. The van der Waals surface area contributed by atoms with Crippen LogP contribution in [-0.4, -0.2) is 10.5 Å². The zero-order chi connectivity index (χ0) is 14.8. The number of hydrogen-bond donors (Lipinski definition) is 1. The molecule has 2 nitrogen and oxygen atoms in total. The van der Waals surface area contributed by atoms with Crippen LogP contribution in [0.5, 0.6) is 0 Å². The molecule has 1 heterocycles. The highest BCUT2D eigenvalue weighted by atomic mass is 14.7. The first-order valence-corrected chi connectivity index (χ1v) is 7.57. The van der Waals surface area contributed by atoms with Crippen LogP contribution in [0.15, 0.2) is 24.3 Å². The van der Waals surface area contributed by atoms with E-state index in [0.717, 1.165) is 24.1 Å². The number of rotatable bonds is 5. The lowest BCUT2D eigenvalue weighted by molar-refractivity contribution is 0.518. The summed E-state index contributed by atoms with van der Waals surface area (Å²) in [7, 11) is 0. The van der Waals surface area contributed by atoms with Crippen LogP contribution in [0.2, 0.25) is 0 Å². The third-order valence-electron chi connectivity index (χ3n) is 3.55. The SMILES string of the molecule is CCCCc1ccc2nc(C)cc(CC(C)(C)N)c2c1. The van der Waals surface area contributed by atoms with Gasteiger partial charge in [0.1, 0.15) is 0 Å². The average Bonchev–Trinajstić information content (AvgIpc) is 2.34. The van der Waals surface area contributed by atoms with Crippen molar-refractivity contribution in [1.82, 2.24) is 4.98 Å². The van der Waals surface area contributed by atoms with Crippen molar-refractivity contribution in [1.29, 1.82) is 0 Å². The lowest BCUT2D eigenvalue weighted by atomic mass is 9.92. The van der Waals surface area contributed by atoms with Crippen LogP contribution in [0.25, 0.3) is 10.9 Å². The Labute approximate surface area is 122 Å². The van der Waals surface area contributed by atoms with Crippen LogP contribution in [0.1, 0.15) is 50.4 Å². The summed E-state index contributed by atoms with van der Waals surface area (Å²) in [5.74, 6) is 0. The first-order chi connectivity index (χ1) is 9.39. The molecule has 2 rings (SSSR count). The normalized spacial score (nSPS) is 12.1. The van der Waals surface area contributed by atoms with Crippen molar-refractivity contribution < 1.29 is 0 Å². The summed E-state index contributed by atoms with van der Waals surface area (Å²) in [6.45, 7) is 8.44. The number of unbranched alkanes of at least 4 members (excludes halogenated alkanes) is 1. The molecular weight excluding hydrogens is 244 g/mol. The molecule has 0 radical (unpaired) electrons. The molecule has 0 amide bonds. The lowest BCUT2D eigenvalue weighted by Crippen LogP contribution is -2.34. The van der Waals surface area contributed by atoms with Gasteiger partial charge in [-0.15, -0.1) is 0 Å². The maximum atomic E-state index is 6.21. The Balaban J connectivity index is 2.47. The highest BCUT2D eigenvalue weighted by Crippen LogP contribution is 2.24. The highest BCUT2D eigenvalue weighted by molar-refractivity contribution is 5.83. The molecule has 0 aliphatic rings. The minimum absolute atomic E-state index is 0.194. The van der Waals surface area contributed by atoms with Gasteiger partial charge in [0.05, 0.1) is 5.52 Å². The largest absolute Gasteiger partial charge is 0.325 e. The summed E-state index contributed by atoms with van der Waals surface area (Å²) in [4.78, 5) is 4.65. The Kier molecular flexibility index (Phi) is 4.44. The molecule has 0 unspecified atom stereocenters. The van der Waals surface area contributed by atoms with Gasteiger partial charge in [-0.2, -0.15) is 0 Å². The summed E-state index contributed by atoms with van der Waals surface area (Å²) in [6.07, 6.45) is 4.49. The van der Waals surface area contributed by atoms with E-state index >= 15 is 0 Å². The van der Waals surface area contributed by atoms with E-state index in [0.29, 0.717) is 0 Å². The first kappa shape index (κ1) is 15.0. The van der Waals surface area contributed by atoms with Gasteiger partial charge in [-0.1, -0.05) is 19.4 Å². The molecule has 1 aromatic heterocycles. The Bertz CT molecular complexity index is 594. The van der Waals surface area contributed by atoms with Crippen molar-refractivity contribution in [3.8, 4) is 0 Å². The fourth-order valence-corrected chi connectivity index (χ4v) is 2.66. The summed E-state index contributed by atoms with van der Waals surface area (Å²) >= 11 is 0. The molecular formula is C18H26N2. The van der Waals surface area contributed by atoms with Crippen LogP contribution < -0.4 is 5.73 Å². The molecule has 0 saturated carbocycles. The first-order valence-electron chi connectivity index (χ1n) is 7.57. The molecule has 0 aliphatic carbocycles. The zero-order valence-corrected chi connectivity index (χ0v) is 13.2. The van der Waals surface area contributed by atoms with Crippen LogP contribution >= 0.6 is 0 Å². The minimum Gasteiger partial charge on any atom is -0.325 e. The fourth-order valence-electron chi connectivity index (χ4n) is 2.66. The number of pyridine rings is 1. The predicted molar refractivity (Wildman–Crippen MR) is 87.1 cm³/mol. The molecule has 2 N–H and O–H groups in total. The maximum absolute atomic E-state index is 6.21. The number of nitrogens with two attached hydrogens (primary N) is 1. The van der Waals surface area contributed by atoms with Gasteiger partial charge in [0.25, 0.3) is 0 Å². The summed E-state index contributed by atoms with van der Waals surface area (Å²) in [5, 5.41) is 1.27. The van der Waals surface area contributed by atoms with Gasteiger partial charge in [-0.25, -0.2) is 0 Å². The Hall–Kier alpha value is -1.41. The van der Waals surface area contributed by atoms with Gasteiger partial charge in [0.15, 0.2) is 0 Å². The van der Waals surface area contributed by atoms with Gasteiger partial charge in [0, 0.05) is 16.6 Å². The second kappa shape index (κ2) is 5.92. The lowest BCUT2D eigenvalue weighted by Gasteiger charge is -2.20. The molecule has 0 saturated heterocycles. The predicted octanol–water partition coefficient (Wildman–Crippen LogP) is 4.17. The van der Waals surface area contributed by atoms with E-state index in [1.165, 1.54) is 29.4 Å². The Morgan fingerprint density at radius 1 is 1.20 bits per heavy atom. The maximum Gasteiger partial charge on any atom is 0.0708 e. The molecule has 0 fully saturated rings. The van der Waals surface area contributed by atoms with Crippen LogP contribution in [0, 0.1) is 6.92 Å². The standard InChI is InChI=1S/C18H26N2/c1-5-6-7-14-8-9-17-16(11-14)15(10-13(2)20-17)12-18(3,4)19/h8-11H,5-7,12,19H2,1-4H3. The van der Waals surface area contributed by atoms with E-state index in [-0.39, 0.29) is 5.54 Å². The number of benzene rings is 1. The molecule has 2 heteroatoms. The van der Waals surface area contributed by atoms with E-state index in [2.05, 4.69) is 56.9 Å². The molecule has 0 aliphatic heterocycles. The van der Waals surface area contributed by atoms with Gasteiger partial charge in [0.2, 0.25) is 0 Å². The minimum atomic E-state index is -0.194. The summed E-state index contributed by atoms with van der Waals surface area (Å²) < 4.78 is 0. The molecule has 0 atom stereocenters. The van der Waals surface area contributed by atoms with Crippen molar-refractivity contribution in [3.63, 3.8) is 0 Å². The van der Waals surface area contributed by atoms with Crippen LogP contribution in [0.3, 0.4) is 0 Å². The molecule has 2 aromatic rings. The molecule has 20 heavy (non-hydrogen) atoms. The van der Waals surface area contributed by atoms with Crippen LogP contribution in [0.4, 0.5) is 0 Å². The second-order valence-corrected chi connectivity index (χ2v) is 6.54. The third-order valence-corrected chi connectivity index (χ3v) is 3.55. The number of nitrogens with zero attached hydrogens (tertiary/aromatic N) is 1. The molecule has 0 spiro atoms. The monoisotopic (exact) mass is 270 g/mol. The van der Waals surface area contributed by atoms with E-state index < -0.39 is 0 Å². The second-order valence-electron chi connectivity index (χ2n) is 6.54. The van der Waals surface area contributed by atoms with E-state index in [1.54, 1.807) is 0 Å². The summed E-state index contributed by atoms with van der Waals surface area (Å²) in [6, 6.07) is 8.85. The van der Waals surface area contributed by atoms with E-state index in [1.807, 2.05) is 0 Å². The number of hydrogen-bond acceptors (Lipinski definition) is 2. The number of fused-ring (bicyclic) bond motifs is 1. The quantitative estimate of drug-likeness (QED) is 0.885. The van der Waals surface area contributed by atoms with Crippen molar-refractivity contribution in [2.75, 3.05) is 0 Å². The fraction of sp³-hybridized carbons (Fsp3) is 0.500. The Morgan fingerprint density at radius 3 is 2.60 bits per heavy atom. The number of aryl methyl sites for hydroxylation is 2. The van der Waals surface area contributed by atoms with Crippen molar-refractivity contribution in [2.45, 2.75) is 58.9 Å². The van der Waals surface area contributed by atoms with Crippen molar-refractivity contribution in [2.24, 2.45) is 5.73 Å². The topological polar surface area (TPSA) is 38.9 Å². The van der Waals surface area contributed by atoms with Gasteiger partial charge < -0.3 is 5.73 Å². The number of aromatic nitrogens is 1. The van der Waals surface area contributed by atoms with Crippen molar-refractivity contribution in [3.05, 3.63) is 41.1 Å². The highest BCUT2D eigenvalue weighted by Gasteiger charge is 2.15. The van der Waals surface area contributed by atoms with Gasteiger partial charge in [-0.3, -0.25) is 4.98 Å². The van der Waals surface area contributed by atoms with E-state index in [9.17, 15) is 0 Å². The summed E-state index contributed by atoms with van der Waals surface area (Å²) in [5.41, 5.74) is 10.9. The zero-order valence-electron chi connectivity index (χ0n) is 13.2. The molecule has 108 valence electrons. The van der Waals surface area contributed by atoms with Crippen LogP contribution in [-0.2, 0) is 12.8 Å². The van der Waals surface area contributed by atoms with E-state index in [4.69, 9.17) is 5.73 Å². The van der Waals surface area contributed by atoms with Crippen molar-refractivity contribution >= 4 is 10.9 Å². The van der Waals surface area contributed by atoms with Gasteiger partial charge in [-0.05, 0) is 69.4 Å². The average molecular weight is 270 g/mol. The molecule has 1 aromatic carbocycles. The van der Waals surface area contributed by atoms with Gasteiger partial charge >= 0.3 is 0 Å².